The van der Waals surface area contributed by atoms with Crippen molar-refractivity contribution in [1.82, 2.24) is 0 Å². The Morgan fingerprint density at radius 3 is 2.59 bits per heavy atom. The highest BCUT2D eigenvalue weighted by Gasteiger charge is 2.30. The number of amides is 1. The van der Waals surface area contributed by atoms with E-state index in [9.17, 15) is 18.0 Å². The van der Waals surface area contributed by atoms with Crippen LogP contribution in [0.15, 0.2) is 18.2 Å². The Bertz CT molecular complexity index is 418. The van der Waals surface area contributed by atoms with Crippen molar-refractivity contribution in [3.05, 3.63) is 29.3 Å². The third-order valence-corrected chi connectivity index (χ3v) is 2.35. The maximum absolute atomic E-state index is 12.5. The van der Waals surface area contributed by atoms with Gasteiger partial charge in [-0.15, -0.1) is 11.6 Å². The number of halogens is 4. The molecule has 0 saturated carbocycles. The first-order valence-electron chi connectivity index (χ1n) is 4.88. The molecule has 0 aliphatic rings. The number of carbonyl (C=O) groups is 1. The van der Waals surface area contributed by atoms with Crippen LogP contribution in [0.25, 0.3) is 0 Å². The summed E-state index contributed by atoms with van der Waals surface area (Å²) >= 11 is 5.37. The molecular weight excluding hydrogens is 255 g/mol. The predicted molar refractivity (Wildman–Crippen MR) is 60.1 cm³/mol. The molecule has 0 aromatic heterocycles. The van der Waals surface area contributed by atoms with E-state index in [4.69, 9.17) is 11.6 Å². The quantitative estimate of drug-likeness (QED) is 0.832. The second-order valence-electron chi connectivity index (χ2n) is 3.51. The molecule has 0 heterocycles. The van der Waals surface area contributed by atoms with Crippen molar-refractivity contribution in [3.8, 4) is 0 Å². The third-order valence-electron chi connectivity index (χ3n) is 2.16. The van der Waals surface area contributed by atoms with Crippen molar-refractivity contribution < 1.29 is 18.0 Å². The molecule has 94 valence electrons. The fraction of sp³-hybridized carbons (Fsp3) is 0.364. The van der Waals surface area contributed by atoms with Crippen LogP contribution in [0.2, 0.25) is 0 Å². The van der Waals surface area contributed by atoms with Gasteiger partial charge in [-0.1, -0.05) is 6.07 Å². The minimum atomic E-state index is -4.42. The van der Waals surface area contributed by atoms with Crippen LogP contribution in [0.3, 0.4) is 0 Å². The fourth-order valence-corrected chi connectivity index (χ4v) is 1.40. The molecule has 0 unspecified atom stereocenters. The fourth-order valence-electron chi connectivity index (χ4n) is 1.23. The van der Waals surface area contributed by atoms with Gasteiger partial charge in [0.1, 0.15) is 0 Å². The minimum Gasteiger partial charge on any atom is -0.326 e. The van der Waals surface area contributed by atoms with Gasteiger partial charge in [0.15, 0.2) is 0 Å². The monoisotopic (exact) mass is 265 g/mol. The molecule has 0 spiro atoms. The summed E-state index contributed by atoms with van der Waals surface area (Å²) in [5.74, 6) is -0.272. The molecule has 0 fully saturated rings. The van der Waals surface area contributed by atoms with E-state index < -0.39 is 17.6 Å². The Hall–Kier alpha value is -1.23. The topological polar surface area (TPSA) is 29.1 Å². The number of alkyl halides is 4. The van der Waals surface area contributed by atoms with Gasteiger partial charge < -0.3 is 5.32 Å². The van der Waals surface area contributed by atoms with E-state index in [2.05, 4.69) is 5.32 Å². The first-order chi connectivity index (χ1) is 7.84. The maximum atomic E-state index is 12.5. The van der Waals surface area contributed by atoms with E-state index in [1.807, 2.05) is 0 Å². The van der Waals surface area contributed by atoms with Gasteiger partial charge in [0.2, 0.25) is 5.91 Å². The van der Waals surface area contributed by atoms with E-state index >= 15 is 0 Å². The third kappa shape index (κ3) is 3.93. The first kappa shape index (κ1) is 13.8. The van der Waals surface area contributed by atoms with Gasteiger partial charge in [0, 0.05) is 18.0 Å². The molecule has 1 aromatic rings. The van der Waals surface area contributed by atoms with Crippen molar-refractivity contribution in [1.29, 1.82) is 0 Å². The van der Waals surface area contributed by atoms with E-state index in [0.29, 0.717) is 5.56 Å². The molecule has 2 nitrogen and oxygen atoms in total. The SMILES string of the molecule is Cc1ccc(C(F)(F)F)cc1NC(=O)CCCl. The molecule has 0 aliphatic carbocycles. The highest BCUT2D eigenvalue weighted by atomic mass is 35.5. The summed E-state index contributed by atoms with van der Waals surface area (Å²) in [6.07, 6.45) is -4.35. The number of rotatable bonds is 3. The summed E-state index contributed by atoms with van der Waals surface area (Å²) in [4.78, 5) is 11.2. The molecule has 0 bridgehead atoms. The van der Waals surface area contributed by atoms with Crippen LogP contribution >= 0.6 is 11.6 Å². The zero-order chi connectivity index (χ0) is 13.1. The normalized spacial score (nSPS) is 11.4. The summed E-state index contributed by atoms with van der Waals surface area (Å²) in [7, 11) is 0. The molecule has 1 amide bonds. The minimum absolute atomic E-state index is 0.0667. The predicted octanol–water partition coefficient (Wildman–Crippen LogP) is 3.58. The van der Waals surface area contributed by atoms with Crippen LogP contribution in [0.4, 0.5) is 18.9 Å². The first-order valence-corrected chi connectivity index (χ1v) is 5.41. The lowest BCUT2D eigenvalue weighted by Gasteiger charge is -2.12. The summed E-state index contributed by atoms with van der Waals surface area (Å²) in [5.41, 5.74) is -0.0554. The molecule has 0 radical (unpaired) electrons. The van der Waals surface area contributed by atoms with Crippen LogP contribution in [0.5, 0.6) is 0 Å². The Labute approximate surface area is 102 Å². The van der Waals surface area contributed by atoms with Crippen LogP contribution in [-0.4, -0.2) is 11.8 Å². The maximum Gasteiger partial charge on any atom is 0.416 e. The van der Waals surface area contributed by atoms with E-state index in [-0.39, 0.29) is 18.0 Å². The van der Waals surface area contributed by atoms with Gasteiger partial charge >= 0.3 is 6.18 Å². The highest BCUT2D eigenvalue weighted by Crippen LogP contribution is 2.32. The number of anilines is 1. The number of nitrogens with one attached hydrogen (secondary N) is 1. The number of aryl methyl sites for hydroxylation is 1. The van der Waals surface area contributed by atoms with Gasteiger partial charge in [-0.3, -0.25) is 4.79 Å². The Kier molecular flexibility index (Phi) is 4.40. The summed E-state index contributed by atoms with van der Waals surface area (Å²) in [5, 5.41) is 2.40. The van der Waals surface area contributed by atoms with Gasteiger partial charge in [0.05, 0.1) is 5.56 Å². The smallest absolute Gasteiger partial charge is 0.326 e. The van der Waals surface area contributed by atoms with Gasteiger partial charge in [-0.25, -0.2) is 0 Å². The van der Waals surface area contributed by atoms with Gasteiger partial charge in [0.25, 0.3) is 0 Å². The van der Waals surface area contributed by atoms with Crippen molar-refractivity contribution >= 4 is 23.2 Å². The lowest BCUT2D eigenvalue weighted by molar-refractivity contribution is -0.137. The lowest BCUT2D eigenvalue weighted by atomic mass is 10.1. The molecule has 1 aromatic carbocycles. The zero-order valence-corrected chi connectivity index (χ0v) is 9.82. The summed E-state index contributed by atoms with van der Waals surface area (Å²) in [6, 6.07) is 3.22. The molecule has 1 rings (SSSR count). The van der Waals surface area contributed by atoms with Crippen molar-refractivity contribution in [2.75, 3.05) is 11.2 Å². The van der Waals surface area contributed by atoms with Crippen LogP contribution in [0.1, 0.15) is 17.5 Å². The summed E-state index contributed by atoms with van der Waals surface area (Å²) in [6.45, 7) is 1.62. The van der Waals surface area contributed by atoms with Crippen LogP contribution < -0.4 is 5.32 Å². The van der Waals surface area contributed by atoms with Gasteiger partial charge in [-0.05, 0) is 24.6 Å². The van der Waals surface area contributed by atoms with Crippen LogP contribution in [-0.2, 0) is 11.0 Å². The molecular formula is C11H11ClF3NO. The lowest BCUT2D eigenvalue weighted by Crippen LogP contribution is -2.14. The standard InChI is InChI=1S/C11H11ClF3NO/c1-7-2-3-8(11(13,14)15)6-9(7)16-10(17)4-5-12/h2-3,6H,4-5H2,1H3,(H,16,17). The number of hydrogen-bond acceptors (Lipinski definition) is 1. The second kappa shape index (κ2) is 5.40. The largest absolute Gasteiger partial charge is 0.416 e. The summed E-state index contributed by atoms with van der Waals surface area (Å²) < 4.78 is 37.4. The van der Waals surface area contributed by atoms with E-state index in [0.717, 1.165) is 12.1 Å². The van der Waals surface area contributed by atoms with Gasteiger partial charge in [-0.2, -0.15) is 13.2 Å². The molecule has 1 N–H and O–H groups in total. The van der Waals surface area contributed by atoms with Crippen molar-refractivity contribution in [2.24, 2.45) is 0 Å². The highest BCUT2D eigenvalue weighted by molar-refractivity contribution is 6.19. The Morgan fingerprint density at radius 1 is 1.41 bits per heavy atom. The van der Waals surface area contributed by atoms with E-state index in [1.165, 1.54) is 6.07 Å². The number of carbonyl (C=O) groups excluding carboxylic acids is 1. The zero-order valence-electron chi connectivity index (χ0n) is 9.07. The number of benzene rings is 1. The molecule has 17 heavy (non-hydrogen) atoms. The Morgan fingerprint density at radius 2 is 2.06 bits per heavy atom. The van der Waals surface area contributed by atoms with Crippen LogP contribution in [0, 0.1) is 6.92 Å². The second-order valence-corrected chi connectivity index (χ2v) is 3.89. The molecule has 0 aliphatic heterocycles. The molecule has 0 atom stereocenters. The van der Waals surface area contributed by atoms with E-state index in [1.54, 1.807) is 6.92 Å². The van der Waals surface area contributed by atoms with Crippen molar-refractivity contribution in [3.63, 3.8) is 0 Å². The molecule has 0 saturated heterocycles. The molecule has 6 heteroatoms. The van der Waals surface area contributed by atoms with Crippen molar-refractivity contribution in [2.45, 2.75) is 19.5 Å². The Balaban J connectivity index is 2.95. The number of hydrogen-bond donors (Lipinski definition) is 1. The average molecular weight is 266 g/mol. The average Bonchev–Trinajstić information content (AvgIpc) is 2.20.